The highest BCUT2D eigenvalue weighted by atomic mass is 16.3. The lowest BCUT2D eigenvalue weighted by Gasteiger charge is -2.29. The molecular weight excluding hydrogens is 262 g/mol. The molecule has 0 heterocycles. The minimum absolute atomic E-state index is 0.105. The van der Waals surface area contributed by atoms with Crippen molar-refractivity contribution in [2.24, 2.45) is 0 Å². The minimum atomic E-state index is 0.105. The molecule has 116 valence electrons. The average Bonchev–Trinajstić information content (AvgIpc) is 2.96. The molecule has 1 aromatic carbocycles. The highest BCUT2D eigenvalue weighted by Crippen LogP contribution is 2.23. The number of rotatable bonds is 8. The summed E-state index contributed by atoms with van der Waals surface area (Å²) in [5.41, 5.74) is 3.57. The number of carbonyl (C=O) groups excluding carboxylic acids is 1. The maximum atomic E-state index is 12.5. The van der Waals surface area contributed by atoms with Gasteiger partial charge in [-0.3, -0.25) is 9.69 Å². The smallest absolute Gasteiger partial charge is 0.176 e. The van der Waals surface area contributed by atoms with Crippen molar-refractivity contribution in [3.63, 3.8) is 0 Å². The first-order chi connectivity index (χ1) is 10.2. The number of hydrogen-bond acceptors (Lipinski definition) is 3. The van der Waals surface area contributed by atoms with E-state index in [4.69, 9.17) is 0 Å². The molecule has 1 aliphatic rings. The van der Waals surface area contributed by atoms with Crippen LogP contribution in [-0.4, -0.2) is 41.5 Å². The van der Waals surface area contributed by atoms with Crippen LogP contribution >= 0.6 is 0 Å². The maximum absolute atomic E-state index is 12.5. The van der Waals surface area contributed by atoms with Crippen LogP contribution in [0.1, 0.15) is 54.6 Å². The molecule has 0 bridgehead atoms. The Balaban J connectivity index is 2.07. The Labute approximate surface area is 128 Å². The van der Waals surface area contributed by atoms with Crippen LogP contribution in [0.3, 0.4) is 0 Å². The number of benzene rings is 1. The molecule has 0 saturated carbocycles. The number of aliphatic hydroxyl groups is 1. The van der Waals surface area contributed by atoms with E-state index in [1.165, 1.54) is 17.5 Å². The summed E-state index contributed by atoms with van der Waals surface area (Å²) in [4.78, 5) is 14.7. The van der Waals surface area contributed by atoms with Crippen molar-refractivity contribution < 1.29 is 9.90 Å². The van der Waals surface area contributed by atoms with Crippen LogP contribution in [0.25, 0.3) is 0 Å². The molecule has 0 unspecified atom stereocenters. The van der Waals surface area contributed by atoms with Gasteiger partial charge >= 0.3 is 0 Å². The second-order valence-electron chi connectivity index (χ2n) is 5.92. The third-order valence-corrected chi connectivity index (χ3v) is 4.61. The second-order valence-corrected chi connectivity index (χ2v) is 5.92. The number of aliphatic hydroxyl groups excluding tert-OH is 1. The first-order valence-corrected chi connectivity index (χ1v) is 8.19. The predicted molar refractivity (Wildman–Crippen MR) is 85.8 cm³/mol. The third-order valence-electron chi connectivity index (χ3n) is 4.61. The standard InChI is InChI=1S/C18H27NO2/c1-3-17(4-2)19(10-11-20)13-18(21)16-9-8-14-6-5-7-15(14)12-16/h8-9,12,17,20H,3-7,10-11,13H2,1-2H3. The highest BCUT2D eigenvalue weighted by molar-refractivity contribution is 5.97. The molecule has 3 heteroatoms. The Hall–Kier alpha value is -1.19. The molecule has 0 aromatic heterocycles. The van der Waals surface area contributed by atoms with E-state index in [0.29, 0.717) is 19.1 Å². The van der Waals surface area contributed by atoms with E-state index in [2.05, 4.69) is 30.9 Å². The topological polar surface area (TPSA) is 40.5 Å². The molecule has 21 heavy (non-hydrogen) atoms. The lowest BCUT2D eigenvalue weighted by Crippen LogP contribution is -2.40. The van der Waals surface area contributed by atoms with Gasteiger partial charge in [0.1, 0.15) is 0 Å². The van der Waals surface area contributed by atoms with Gasteiger partial charge in [0, 0.05) is 18.2 Å². The normalized spacial score (nSPS) is 14.0. The van der Waals surface area contributed by atoms with Crippen LogP contribution < -0.4 is 0 Å². The van der Waals surface area contributed by atoms with Crippen LogP contribution in [-0.2, 0) is 12.8 Å². The van der Waals surface area contributed by atoms with Gasteiger partial charge < -0.3 is 5.11 Å². The van der Waals surface area contributed by atoms with Crippen LogP contribution in [0.4, 0.5) is 0 Å². The van der Waals surface area contributed by atoms with Crippen molar-refractivity contribution in [2.75, 3.05) is 19.7 Å². The Morgan fingerprint density at radius 3 is 2.62 bits per heavy atom. The molecule has 2 rings (SSSR count). The molecular formula is C18H27NO2. The monoisotopic (exact) mass is 289 g/mol. The molecule has 0 radical (unpaired) electrons. The summed E-state index contributed by atoms with van der Waals surface area (Å²) in [6.07, 6.45) is 5.47. The van der Waals surface area contributed by atoms with E-state index in [9.17, 15) is 9.90 Å². The number of carbonyl (C=O) groups is 1. The van der Waals surface area contributed by atoms with E-state index in [-0.39, 0.29) is 12.4 Å². The van der Waals surface area contributed by atoms with Crippen molar-refractivity contribution in [3.8, 4) is 0 Å². The first kappa shape index (κ1) is 16.2. The fourth-order valence-corrected chi connectivity index (χ4v) is 3.35. The van der Waals surface area contributed by atoms with Gasteiger partial charge in [0.05, 0.1) is 13.2 Å². The zero-order valence-corrected chi connectivity index (χ0v) is 13.3. The molecule has 0 fully saturated rings. The third kappa shape index (κ3) is 3.92. The van der Waals surface area contributed by atoms with Gasteiger partial charge in [0.15, 0.2) is 5.78 Å². The van der Waals surface area contributed by atoms with Gasteiger partial charge in [-0.25, -0.2) is 0 Å². The van der Waals surface area contributed by atoms with E-state index in [1.807, 2.05) is 6.07 Å². The van der Waals surface area contributed by atoms with E-state index < -0.39 is 0 Å². The zero-order valence-electron chi connectivity index (χ0n) is 13.3. The van der Waals surface area contributed by atoms with Gasteiger partial charge in [-0.2, -0.15) is 0 Å². The van der Waals surface area contributed by atoms with Crippen molar-refractivity contribution in [1.29, 1.82) is 0 Å². The number of ketones is 1. The summed E-state index contributed by atoms with van der Waals surface area (Å²) < 4.78 is 0. The van der Waals surface area contributed by atoms with Crippen LogP contribution in [0.5, 0.6) is 0 Å². The van der Waals surface area contributed by atoms with Crippen LogP contribution in [0.2, 0.25) is 0 Å². The van der Waals surface area contributed by atoms with Gasteiger partial charge in [-0.1, -0.05) is 26.0 Å². The molecule has 0 amide bonds. The van der Waals surface area contributed by atoms with Gasteiger partial charge in [-0.15, -0.1) is 0 Å². The molecule has 1 aromatic rings. The lowest BCUT2D eigenvalue weighted by molar-refractivity contribution is 0.0850. The Morgan fingerprint density at radius 1 is 1.24 bits per heavy atom. The van der Waals surface area contributed by atoms with E-state index >= 15 is 0 Å². The van der Waals surface area contributed by atoms with Crippen molar-refractivity contribution >= 4 is 5.78 Å². The predicted octanol–water partition coefficient (Wildman–Crippen LogP) is 2.84. The van der Waals surface area contributed by atoms with Gasteiger partial charge in [-0.05, 0) is 49.3 Å². The number of hydrogen-bond donors (Lipinski definition) is 1. The molecule has 3 nitrogen and oxygen atoms in total. The minimum Gasteiger partial charge on any atom is -0.395 e. The molecule has 0 spiro atoms. The van der Waals surface area contributed by atoms with Crippen molar-refractivity contribution in [1.82, 2.24) is 4.90 Å². The lowest BCUT2D eigenvalue weighted by atomic mass is 10.0. The molecule has 0 saturated heterocycles. The Morgan fingerprint density at radius 2 is 1.95 bits per heavy atom. The van der Waals surface area contributed by atoms with Gasteiger partial charge in [0.25, 0.3) is 0 Å². The number of fused-ring (bicyclic) bond motifs is 1. The van der Waals surface area contributed by atoms with E-state index in [0.717, 1.165) is 31.2 Å². The van der Waals surface area contributed by atoms with Crippen LogP contribution in [0, 0.1) is 0 Å². The second kappa shape index (κ2) is 7.71. The molecule has 1 N–H and O–H groups in total. The SMILES string of the molecule is CCC(CC)N(CCO)CC(=O)c1ccc2c(c1)CCC2. The van der Waals surface area contributed by atoms with Crippen molar-refractivity contribution in [3.05, 3.63) is 34.9 Å². The van der Waals surface area contributed by atoms with E-state index in [1.54, 1.807) is 0 Å². The quantitative estimate of drug-likeness (QED) is 0.748. The molecule has 0 aliphatic heterocycles. The fraction of sp³-hybridized carbons (Fsp3) is 0.611. The number of nitrogens with zero attached hydrogens (tertiary/aromatic N) is 1. The summed E-state index contributed by atoms with van der Waals surface area (Å²) >= 11 is 0. The molecule has 0 atom stereocenters. The number of aryl methyl sites for hydroxylation is 2. The Kier molecular flexibility index (Phi) is 5.95. The number of Topliss-reactive ketones (excluding diaryl/α,β-unsaturated/α-hetero) is 1. The maximum Gasteiger partial charge on any atom is 0.176 e. The summed E-state index contributed by atoms with van der Waals surface area (Å²) in [6.45, 7) is 5.36. The summed E-state index contributed by atoms with van der Waals surface area (Å²) in [6, 6.07) is 6.53. The first-order valence-electron chi connectivity index (χ1n) is 8.19. The van der Waals surface area contributed by atoms with Gasteiger partial charge in [0.2, 0.25) is 0 Å². The summed E-state index contributed by atoms with van der Waals surface area (Å²) in [7, 11) is 0. The molecule has 1 aliphatic carbocycles. The van der Waals surface area contributed by atoms with Crippen LogP contribution in [0.15, 0.2) is 18.2 Å². The summed E-state index contributed by atoms with van der Waals surface area (Å²) in [5, 5.41) is 9.23. The largest absolute Gasteiger partial charge is 0.395 e. The fourth-order valence-electron chi connectivity index (χ4n) is 3.35. The van der Waals surface area contributed by atoms with Crippen molar-refractivity contribution in [2.45, 2.75) is 52.0 Å². The summed E-state index contributed by atoms with van der Waals surface area (Å²) in [5.74, 6) is 0.171. The highest BCUT2D eigenvalue weighted by Gasteiger charge is 2.20. The Bertz CT molecular complexity index is 480. The zero-order chi connectivity index (χ0) is 15.2. The average molecular weight is 289 g/mol.